The average Bonchev–Trinajstić information content (AvgIpc) is 2.20. The van der Waals surface area contributed by atoms with Gasteiger partial charge in [0.05, 0.1) is 12.9 Å². The van der Waals surface area contributed by atoms with Crippen LogP contribution < -0.4 is 0 Å². The van der Waals surface area contributed by atoms with Crippen molar-refractivity contribution in [3.05, 3.63) is 35.4 Å². The highest BCUT2D eigenvalue weighted by Gasteiger charge is 2.02. The fraction of sp³-hybridized carbons (Fsp3) is 0.500. The summed E-state index contributed by atoms with van der Waals surface area (Å²) < 4.78 is 26.0. The van der Waals surface area contributed by atoms with Crippen molar-refractivity contribution in [3.63, 3.8) is 0 Å². The second-order valence-electron chi connectivity index (χ2n) is 3.52. The van der Waals surface area contributed by atoms with Crippen LogP contribution in [0.15, 0.2) is 24.3 Å². The zero-order valence-corrected chi connectivity index (χ0v) is 11.3. The predicted molar refractivity (Wildman–Crippen MR) is 68.4 cm³/mol. The Hall–Kier alpha value is -0.910. The molecule has 0 aliphatic heterocycles. The standard InChI is InChI=1S/C10H14O3S.C2H6O/c1-9-5-3-4-6-10(9)7-8-13-14(2,11)12;1-2-3/h3-6H,7-8H2,1-2H3;3H,2H2,1H3. The molecule has 1 rings (SSSR count). The minimum Gasteiger partial charge on any atom is -0.397 e. The van der Waals surface area contributed by atoms with Gasteiger partial charge in [0.25, 0.3) is 10.1 Å². The highest BCUT2D eigenvalue weighted by atomic mass is 32.2. The second-order valence-corrected chi connectivity index (χ2v) is 5.16. The van der Waals surface area contributed by atoms with Crippen molar-refractivity contribution >= 4 is 10.1 Å². The van der Waals surface area contributed by atoms with Crippen molar-refractivity contribution in [1.29, 1.82) is 0 Å². The van der Waals surface area contributed by atoms with Gasteiger partial charge in [-0.05, 0) is 31.4 Å². The van der Waals surface area contributed by atoms with Gasteiger partial charge in [-0.1, -0.05) is 24.3 Å². The van der Waals surface area contributed by atoms with Gasteiger partial charge < -0.3 is 5.11 Å². The fourth-order valence-corrected chi connectivity index (χ4v) is 1.58. The largest absolute Gasteiger partial charge is 0.397 e. The fourth-order valence-electron chi connectivity index (χ4n) is 1.19. The first-order chi connectivity index (χ1) is 7.90. The minimum atomic E-state index is -3.31. The van der Waals surface area contributed by atoms with Crippen LogP contribution in [-0.2, 0) is 20.7 Å². The van der Waals surface area contributed by atoms with Gasteiger partial charge >= 0.3 is 0 Å². The van der Waals surface area contributed by atoms with Crippen LogP contribution >= 0.6 is 0 Å². The normalized spacial score (nSPS) is 10.6. The van der Waals surface area contributed by atoms with E-state index in [9.17, 15) is 8.42 Å². The summed E-state index contributed by atoms with van der Waals surface area (Å²) in [6.45, 7) is 4.14. The highest BCUT2D eigenvalue weighted by Crippen LogP contribution is 2.07. The number of benzene rings is 1. The Morgan fingerprint density at radius 1 is 1.29 bits per heavy atom. The van der Waals surface area contributed by atoms with Crippen LogP contribution in [0, 0.1) is 6.92 Å². The molecule has 0 fully saturated rings. The summed E-state index contributed by atoms with van der Waals surface area (Å²) >= 11 is 0. The van der Waals surface area contributed by atoms with E-state index in [-0.39, 0.29) is 13.2 Å². The zero-order chi connectivity index (χ0) is 13.3. The average molecular weight is 260 g/mol. The summed E-state index contributed by atoms with van der Waals surface area (Å²) in [6.07, 6.45) is 1.69. The Labute approximate surface area is 103 Å². The van der Waals surface area contributed by atoms with Crippen LogP contribution in [0.1, 0.15) is 18.1 Å². The van der Waals surface area contributed by atoms with Gasteiger partial charge in [-0.2, -0.15) is 8.42 Å². The highest BCUT2D eigenvalue weighted by molar-refractivity contribution is 7.85. The lowest BCUT2D eigenvalue weighted by atomic mass is 10.1. The third-order valence-electron chi connectivity index (χ3n) is 1.93. The molecular formula is C12H20O4S. The third-order valence-corrected chi connectivity index (χ3v) is 2.52. The summed E-state index contributed by atoms with van der Waals surface area (Å²) in [5.41, 5.74) is 2.28. The van der Waals surface area contributed by atoms with E-state index in [2.05, 4.69) is 4.18 Å². The maximum atomic E-state index is 10.7. The molecule has 5 heteroatoms. The van der Waals surface area contributed by atoms with Crippen LogP contribution in [-0.4, -0.2) is 33.0 Å². The maximum Gasteiger partial charge on any atom is 0.264 e. The molecule has 0 spiro atoms. The summed E-state index contributed by atoms with van der Waals surface area (Å²) in [5.74, 6) is 0. The number of aliphatic hydroxyl groups is 1. The van der Waals surface area contributed by atoms with Crippen molar-refractivity contribution < 1.29 is 17.7 Å². The summed E-state index contributed by atoms with van der Waals surface area (Å²) in [7, 11) is -3.31. The van der Waals surface area contributed by atoms with Crippen molar-refractivity contribution in [1.82, 2.24) is 0 Å². The van der Waals surface area contributed by atoms with E-state index in [1.807, 2.05) is 31.2 Å². The molecule has 1 N–H and O–H groups in total. The number of rotatable bonds is 4. The van der Waals surface area contributed by atoms with Crippen LogP contribution in [0.4, 0.5) is 0 Å². The lowest BCUT2D eigenvalue weighted by molar-refractivity contribution is 0.318. The monoisotopic (exact) mass is 260 g/mol. The molecule has 0 atom stereocenters. The Morgan fingerprint density at radius 3 is 2.29 bits per heavy atom. The summed E-state index contributed by atoms with van der Waals surface area (Å²) in [4.78, 5) is 0. The van der Waals surface area contributed by atoms with E-state index < -0.39 is 10.1 Å². The number of hydrogen-bond acceptors (Lipinski definition) is 4. The quantitative estimate of drug-likeness (QED) is 0.834. The van der Waals surface area contributed by atoms with Crippen molar-refractivity contribution in [2.24, 2.45) is 0 Å². The van der Waals surface area contributed by atoms with E-state index in [4.69, 9.17) is 5.11 Å². The van der Waals surface area contributed by atoms with E-state index >= 15 is 0 Å². The Bertz CT molecular complexity index is 412. The molecule has 17 heavy (non-hydrogen) atoms. The molecule has 0 saturated carbocycles. The molecular weight excluding hydrogens is 240 g/mol. The summed E-state index contributed by atoms with van der Waals surface area (Å²) in [5, 5.41) is 7.57. The molecule has 0 saturated heterocycles. The molecule has 4 nitrogen and oxygen atoms in total. The molecule has 1 aromatic carbocycles. The molecule has 1 aromatic rings. The Kier molecular flexibility index (Phi) is 7.78. The van der Waals surface area contributed by atoms with Gasteiger partial charge in [-0.3, -0.25) is 4.18 Å². The smallest absolute Gasteiger partial charge is 0.264 e. The lowest BCUT2D eigenvalue weighted by Crippen LogP contribution is -2.06. The number of aryl methyl sites for hydroxylation is 1. The first kappa shape index (κ1) is 16.1. The van der Waals surface area contributed by atoms with E-state index in [1.54, 1.807) is 6.92 Å². The molecule has 0 unspecified atom stereocenters. The molecule has 0 radical (unpaired) electrons. The Morgan fingerprint density at radius 2 is 1.82 bits per heavy atom. The third kappa shape index (κ3) is 8.85. The van der Waals surface area contributed by atoms with Gasteiger partial charge in [0.15, 0.2) is 0 Å². The first-order valence-corrected chi connectivity index (χ1v) is 7.22. The molecule has 0 aromatic heterocycles. The first-order valence-electron chi connectivity index (χ1n) is 5.40. The summed E-state index contributed by atoms with van der Waals surface area (Å²) in [6, 6.07) is 7.86. The van der Waals surface area contributed by atoms with E-state index in [0.717, 1.165) is 17.4 Å². The molecule has 98 valence electrons. The van der Waals surface area contributed by atoms with Crippen molar-refractivity contribution in [3.8, 4) is 0 Å². The van der Waals surface area contributed by atoms with Gasteiger partial charge in [0.2, 0.25) is 0 Å². The van der Waals surface area contributed by atoms with Gasteiger partial charge in [0, 0.05) is 6.61 Å². The Balaban J connectivity index is 0.000000770. The molecule has 0 aliphatic carbocycles. The van der Waals surface area contributed by atoms with E-state index in [0.29, 0.717) is 6.42 Å². The lowest BCUT2D eigenvalue weighted by Gasteiger charge is -2.04. The SMILES string of the molecule is CCO.Cc1ccccc1CCOS(C)(=O)=O. The molecule has 0 aliphatic rings. The minimum absolute atomic E-state index is 0.212. The maximum absolute atomic E-state index is 10.7. The van der Waals surface area contributed by atoms with Crippen molar-refractivity contribution in [2.45, 2.75) is 20.3 Å². The number of aliphatic hydroxyl groups excluding tert-OH is 1. The predicted octanol–water partition coefficient (Wildman–Crippen LogP) is 1.51. The van der Waals surface area contributed by atoms with Crippen LogP contribution in [0.3, 0.4) is 0 Å². The molecule has 0 bridgehead atoms. The van der Waals surface area contributed by atoms with Gasteiger partial charge in [-0.15, -0.1) is 0 Å². The molecule has 0 heterocycles. The molecule has 0 amide bonds. The van der Waals surface area contributed by atoms with Crippen LogP contribution in [0.25, 0.3) is 0 Å². The van der Waals surface area contributed by atoms with Gasteiger partial charge in [0.1, 0.15) is 0 Å². The van der Waals surface area contributed by atoms with Crippen LogP contribution in [0.2, 0.25) is 0 Å². The van der Waals surface area contributed by atoms with Crippen molar-refractivity contribution in [2.75, 3.05) is 19.5 Å². The second kappa shape index (κ2) is 8.22. The van der Waals surface area contributed by atoms with Crippen LogP contribution in [0.5, 0.6) is 0 Å². The number of hydrogen-bond donors (Lipinski definition) is 1. The van der Waals surface area contributed by atoms with Gasteiger partial charge in [-0.25, -0.2) is 0 Å². The van der Waals surface area contributed by atoms with E-state index in [1.165, 1.54) is 0 Å². The zero-order valence-electron chi connectivity index (χ0n) is 10.5. The topological polar surface area (TPSA) is 63.6 Å².